The number of rotatable bonds is 14. The minimum absolute atomic E-state index is 0.0529. The molecule has 3 aromatic carbocycles. The van der Waals surface area contributed by atoms with E-state index in [0.29, 0.717) is 24.8 Å². The van der Waals surface area contributed by atoms with Crippen LogP contribution in [0.2, 0.25) is 0 Å². The van der Waals surface area contributed by atoms with Crippen molar-refractivity contribution < 1.29 is 32.6 Å². The second-order valence-electron chi connectivity index (χ2n) is 10.5. The van der Waals surface area contributed by atoms with E-state index in [1.807, 2.05) is 13.8 Å². The van der Waals surface area contributed by atoms with Crippen LogP contribution in [0.1, 0.15) is 59.9 Å². The number of carbonyl (C=O) groups is 3. The molecule has 0 spiro atoms. The average molecular weight is 614 g/mol. The number of para-hydroxylation sites is 1. The first-order valence-corrected chi connectivity index (χ1v) is 16.2. The first kappa shape index (κ1) is 33.6. The zero-order valence-electron chi connectivity index (χ0n) is 24.6. The lowest BCUT2D eigenvalue weighted by atomic mass is 10.1. The molecule has 0 aliphatic heterocycles. The van der Waals surface area contributed by atoms with Crippen molar-refractivity contribution in [3.8, 4) is 0 Å². The third-order valence-corrected chi connectivity index (χ3v) is 9.16. The van der Waals surface area contributed by atoms with E-state index in [0.717, 1.165) is 25.0 Å². The Morgan fingerprint density at radius 1 is 0.884 bits per heavy atom. The molecule has 3 rings (SSSR count). The van der Waals surface area contributed by atoms with Crippen molar-refractivity contribution >= 4 is 30.8 Å². The van der Waals surface area contributed by atoms with Crippen LogP contribution in [0.15, 0.2) is 72.8 Å². The van der Waals surface area contributed by atoms with Gasteiger partial charge in [0.05, 0.1) is 0 Å². The number of halogens is 2. The molecule has 3 atom stereocenters. The van der Waals surface area contributed by atoms with Crippen LogP contribution in [0.5, 0.6) is 0 Å². The van der Waals surface area contributed by atoms with Crippen molar-refractivity contribution in [1.29, 1.82) is 0 Å². The number of carbonyl (C=O) groups excluding carboxylic acids is 3. The monoisotopic (exact) mass is 613 g/mol. The highest BCUT2D eigenvalue weighted by molar-refractivity contribution is 7.58. The second kappa shape index (κ2) is 15.5. The molecule has 11 heteroatoms. The molecular weight excluding hydrogens is 575 g/mol. The van der Waals surface area contributed by atoms with Gasteiger partial charge in [0.15, 0.2) is 0 Å². The van der Waals surface area contributed by atoms with Crippen LogP contribution in [0, 0.1) is 17.6 Å². The first-order chi connectivity index (χ1) is 20.4. The topological polar surface area (TPSA) is 116 Å². The minimum Gasteiger partial charge on any atom is -0.343 e. The SMILES string of the molecule is CCCN(CCC)C(=O)c1cccc(C(=O)NC(Cc2cc(F)cc(F)c2)P(=O)(O)CC(C)C(=O)Nc2ccccc2)c1. The Morgan fingerprint density at radius 3 is 2.09 bits per heavy atom. The molecule has 0 radical (unpaired) electrons. The lowest BCUT2D eigenvalue weighted by Crippen LogP contribution is -2.38. The predicted molar refractivity (Wildman–Crippen MR) is 163 cm³/mol. The molecule has 0 aliphatic carbocycles. The van der Waals surface area contributed by atoms with Gasteiger partial charge >= 0.3 is 0 Å². The number of anilines is 1. The summed E-state index contributed by atoms with van der Waals surface area (Å²) in [6, 6.07) is 17.3. The summed E-state index contributed by atoms with van der Waals surface area (Å²) >= 11 is 0. The first-order valence-electron chi connectivity index (χ1n) is 14.3. The van der Waals surface area contributed by atoms with Gasteiger partial charge < -0.3 is 20.4 Å². The number of benzene rings is 3. The molecule has 3 N–H and O–H groups in total. The van der Waals surface area contributed by atoms with Crippen LogP contribution in [0.4, 0.5) is 14.5 Å². The molecular formula is C32H38F2N3O5P. The lowest BCUT2D eigenvalue weighted by Gasteiger charge is -2.27. The summed E-state index contributed by atoms with van der Waals surface area (Å²) < 4.78 is 41.7. The van der Waals surface area contributed by atoms with E-state index in [2.05, 4.69) is 10.6 Å². The largest absolute Gasteiger partial charge is 0.343 e. The highest BCUT2D eigenvalue weighted by atomic mass is 31.2. The number of hydrogen-bond acceptors (Lipinski definition) is 4. The smallest absolute Gasteiger partial charge is 0.253 e. The van der Waals surface area contributed by atoms with Crippen LogP contribution in [0.3, 0.4) is 0 Å². The van der Waals surface area contributed by atoms with Crippen molar-refractivity contribution in [2.24, 2.45) is 5.92 Å². The number of nitrogens with one attached hydrogen (secondary N) is 2. The molecule has 0 aliphatic rings. The molecule has 43 heavy (non-hydrogen) atoms. The molecule has 8 nitrogen and oxygen atoms in total. The van der Waals surface area contributed by atoms with E-state index >= 15 is 0 Å². The summed E-state index contributed by atoms with van der Waals surface area (Å²) in [6.45, 7) is 6.51. The predicted octanol–water partition coefficient (Wildman–Crippen LogP) is 6.07. The standard InChI is InChI=1S/C32H38F2N3O5P/c1-4-14-37(15-5-2)32(40)25-11-9-10-24(19-25)31(39)36-29(18-23-16-26(33)20-27(34)17-23)43(41,42)21-22(3)30(38)35-28-12-7-6-8-13-28/h6-13,16-17,19-20,22,29H,4-5,14-15,18,21H2,1-3H3,(H,35,38)(H,36,39)(H,41,42). The molecule has 0 aromatic heterocycles. The van der Waals surface area contributed by atoms with Gasteiger partial charge in [-0.2, -0.15) is 0 Å². The summed E-state index contributed by atoms with van der Waals surface area (Å²) in [7, 11) is -4.36. The average Bonchev–Trinajstić information content (AvgIpc) is 2.96. The fourth-order valence-corrected chi connectivity index (χ4v) is 6.72. The second-order valence-corrected chi connectivity index (χ2v) is 13.0. The molecule has 0 fully saturated rings. The van der Waals surface area contributed by atoms with Crippen LogP contribution in [0.25, 0.3) is 0 Å². The Kier molecular flexibility index (Phi) is 12.2. The molecule has 0 saturated heterocycles. The number of hydrogen-bond donors (Lipinski definition) is 3. The van der Waals surface area contributed by atoms with Crippen LogP contribution < -0.4 is 10.6 Å². The molecule has 230 valence electrons. The highest BCUT2D eigenvalue weighted by Crippen LogP contribution is 2.48. The normalized spacial score (nSPS) is 13.8. The Balaban J connectivity index is 1.86. The zero-order chi connectivity index (χ0) is 31.6. The summed E-state index contributed by atoms with van der Waals surface area (Å²) in [5.74, 6) is -5.66. The Morgan fingerprint density at radius 2 is 1.49 bits per heavy atom. The van der Waals surface area contributed by atoms with Gasteiger partial charge in [0, 0.05) is 54.5 Å². The molecule has 0 heterocycles. The number of amides is 3. The quantitative estimate of drug-likeness (QED) is 0.191. The number of nitrogens with zero attached hydrogens (tertiary/aromatic N) is 1. The fraction of sp³-hybridized carbons (Fsp3) is 0.344. The van der Waals surface area contributed by atoms with Crippen molar-refractivity contribution in [2.45, 2.75) is 45.8 Å². The van der Waals surface area contributed by atoms with Crippen LogP contribution >= 0.6 is 7.37 Å². The van der Waals surface area contributed by atoms with Gasteiger partial charge in [-0.15, -0.1) is 0 Å². The van der Waals surface area contributed by atoms with E-state index < -0.39 is 48.7 Å². The van der Waals surface area contributed by atoms with Gasteiger partial charge in [-0.05, 0) is 60.9 Å². The maximum Gasteiger partial charge on any atom is 0.253 e. The van der Waals surface area contributed by atoms with E-state index in [1.54, 1.807) is 47.4 Å². The summed E-state index contributed by atoms with van der Waals surface area (Å²) in [6.07, 6.45) is 0.653. The van der Waals surface area contributed by atoms with Gasteiger partial charge in [0.1, 0.15) is 17.4 Å². The van der Waals surface area contributed by atoms with Crippen LogP contribution in [-0.4, -0.2) is 52.5 Å². The zero-order valence-corrected chi connectivity index (χ0v) is 25.5. The van der Waals surface area contributed by atoms with Crippen LogP contribution in [-0.2, 0) is 15.8 Å². The van der Waals surface area contributed by atoms with Gasteiger partial charge in [-0.25, -0.2) is 8.78 Å². The molecule has 3 unspecified atom stereocenters. The van der Waals surface area contributed by atoms with Crippen molar-refractivity contribution in [3.63, 3.8) is 0 Å². The minimum atomic E-state index is -4.36. The Labute approximate surface area is 251 Å². The third-order valence-electron chi connectivity index (χ3n) is 6.81. The molecule has 0 saturated carbocycles. The molecule has 3 amide bonds. The maximum atomic E-state index is 14.0. The van der Waals surface area contributed by atoms with Crippen molar-refractivity contribution in [2.75, 3.05) is 24.6 Å². The van der Waals surface area contributed by atoms with Gasteiger partial charge in [-0.1, -0.05) is 45.0 Å². The molecule has 0 bridgehead atoms. The van der Waals surface area contributed by atoms with Gasteiger partial charge in [-0.3, -0.25) is 18.9 Å². The lowest BCUT2D eigenvalue weighted by molar-refractivity contribution is -0.118. The summed E-state index contributed by atoms with van der Waals surface area (Å²) in [4.78, 5) is 52.2. The van der Waals surface area contributed by atoms with Crippen molar-refractivity contribution in [1.82, 2.24) is 10.2 Å². The summed E-state index contributed by atoms with van der Waals surface area (Å²) in [5, 5.41) is 5.23. The highest BCUT2D eigenvalue weighted by Gasteiger charge is 2.36. The Hall–Kier alpha value is -3.88. The van der Waals surface area contributed by atoms with E-state index in [4.69, 9.17) is 0 Å². The Bertz CT molecular complexity index is 1440. The van der Waals surface area contributed by atoms with Gasteiger partial charge in [0.2, 0.25) is 13.3 Å². The van der Waals surface area contributed by atoms with Crippen molar-refractivity contribution in [3.05, 3.63) is 101 Å². The summed E-state index contributed by atoms with van der Waals surface area (Å²) in [5.41, 5.74) is 0.927. The van der Waals surface area contributed by atoms with E-state index in [-0.39, 0.29) is 29.0 Å². The third kappa shape index (κ3) is 9.83. The van der Waals surface area contributed by atoms with E-state index in [9.17, 15) is 32.6 Å². The fourth-order valence-electron chi connectivity index (χ4n) is 4.70. The van der Waals surface area contributed by atoms with E-state index in [1.165, 1.54) is 19.1 Å². The maximum absolute atomic E-state index is 14.0. The molecule has 3 aromatic rings. The van der Waals surface area contributed by atoms with Gasteiger partial charge in [0.25, 0.3) is 11.8 Å².